The fourth-order valence-corrected chi connectivity index (χ4v) is 1.01. The van der Waals surface area contributed by atoms with Gasteiger partial charge in [0.15, 0.2) is 0 Å². The van der Waals surface area contributed by atoms with Gasteiger partial charge in [-0.05, 0) is 18.1 Å². The van der Waals surface area contributed by atoms with Gasteiger partial charge in [0.25, 0.3) is 0 Å². The van der Waals surface area contributed by atoms with Crippen LogP contribution in [0.3, 0.4) is 0 Å². The summed E-state index contributed by atoms with van der Waals surface area (Å²) in [6.45, 7) is 9.03. The highest BCUT2D eigenvalue weighted by molar-refractivity contribution is 5.40. The van der Waals surface area contributed by atoms with E-state index < -0.39 is 0 Å². The topological polar surface area (TPSA) is 17.8 Å². The van der Waals surface area contributed by atoms with Gasteiger partial charge in [-0.2, -0.15) is 5.10 Å². The molecule has 0 fully saturated rings. The van der Waals surface area contributed by atoms with Gasteiger partial charge in [-0.3, -0.25) is 4.68 Å². The van der Waals surface area contributed by atoms with Crippen molar-refractivity contribution in [1.29, 1.82) is 0 Å². The summed E-state index contributed by atoms with van der Waals surface area (Å²) in [5, 5.41) is 4.17. The predicted octanol–water partition coefficient (Wildman–Crippen LogP) is 2.18. The minimum atomic E-state index is 0.633. The third-order valence-corrected chi connectivity index (χ3v) is 1.50. The van der Waals surface area contributed by atoms with Crippen molar-refractivity contribution in [3.05, 3.63) is 24.5 Å². The number of aromatic nitrogens is 2. The third-order valence-electron chi connectivity index (χ3n) is 1.50. The van der Waals surface area contributed by atoms with Crippen LogP contribution in [0.4, 0.5) is 0 Å². The van der Waals surface area contributed by atoms with Crippen LogP contribution >= 0.6 is 0 Å². The van der Waals surface area contributed by atoms with E-state index in [1.54, 1.807) is 6.20 Å². The van der Waals surface area contributed by atoms with Crippen LogP contribution in [0, 0.1) is 5.92 Å². The molecule has 2 nitrogen and oxygen atoms in total. The molecule has 0 spiro atoms. The molecular weight excluding hydrogens is 136 g/mol. The highest BCUT2D eigenvalue weighted by atomic mass is 15.3. The van der Waals surface area contributed by atoms with E-state index in [2.05, 4.69) is 25.5 Å². The summed E-state index contributed by atoms with van der Waals surface area (Å²) < 4.78 is 1.97. The van der Waals surface area contributed by atoms with E-state index in [1.165, 1.54) is 0 Å². The van der Waals surface area contributed by atoms with E-state index in [1.807, 2.05) is 16.8 Å². The van der Waals surface area contributed by atoms with E-state index in [0.717, 1.165) is 12.2 Å². The molecule has 0 saturated carbocycles. The molecule has 0 atom stereocenters. The Morgan fingerprint density at radius 2 is 2.45 bits per heavy atom. The molecule has 0 radical (unpaired) electrons. The molecule has 1 aromatic rings. The maximum absolute atomic E-state index is 4.17. The zero-order chi connectivity index (χ0) is 8.27. The first-order valence-corrected chi connectivity index (χ1v) is 3.88. The highest BCUT2D eigenvalue weighted by Gasteiger charge is 1.99. The van der Waals surface area contributed by atoms with Gasteiger partial charge in [0.1, 0.15) is 0 Å². The van der Waals surface area contributed by atoms with E-state index in [-0.39, 0.29) is 0 Å². The average Bonchev–Trinajstić information content (AvgIpc) is 2.34. The second-order valence-electron chi connectivity index (χ2n) is 3.04. The molecule has 0 N–H and O–H groups in total. The van der Waals surface area contributed by atoms with Crippen LogP contribution in [-0.2, 0) is 6.54 Å². The molecule has 0 unspecified atom stereocenters. The van der Waals surface area contributed by atoms with Crippen molar-refractivity contribution < 1.29 is 0 Å². The fourth-order valence-electron chi connectivity index (χ4n) is 1.01. The van der Waals surface area contributed by atoms with Gasteiger partial charge in [-0.1, -0.05) is 20.4 Å². The predicted molar refractivity (Wildman–Crippen MR) is 47.2 cm³/mol. The number of rotatable bonds is 3. The first-order valence-electron chi connectivity index (χ1n) is 3.88. The van der Waals surface area contributed by atoms with Crippen LogP contribution in [0.2, 0.25) is 0 Å². The lowest BCUT2D eigenvalue weighted by Crippen LogP contribution is -2.07. The molecule has 1 rings (SSSR count). The largest absolute Gasteiger partial charge is 0.265 e. The van der Waals surface area contributed by atoms with Crippen molar-refractivity contribution in [3.8, 4) is 0 Å². The Labute approximate surface area is 67.5 Å². The molecule has 0 bridgehead atoms. The van der Waals surface area contributed by atoms with E-state index in [9.17, 15) is 0 Å². The van der Waals surface area contributed by atoms with Crippen LogP contribution in [0.15, 0.2) is 18.8 Å². The molecule has 1 aromatic heterocycles. The average molecular weight is 150 g/mol. The summed E-state index contributed by atoms with van der Waals surface area (Å²) in [5.41, 5.74) is 1.10. The zero-order valence-electron chi connectivity index (χ0n) is 7.12. The van der Waals surface area contributed by atoms with Gasteiger partial charge < -0.3 is 0 Å². The second kappa shape index (κ2) is 3.37. The van der Waals surface area contributed by atoms with E-state index in [4.69, 9.17) is 0 Å². The van der Waals surface area contributed by atoms with Gasteiger partial charge in [0, 0.05) is 12.7 Å². The Kier molecular flexibility index (Phi) is 2.47. The lowest BCUT2D eigenvalue weighted by atomic mass is 10.2. The maximum Gasteiger partial charge on any atom is 0.0604 e. The summed E-state index contributed by atoms with van der Waals surface area (Å²) >= 11 is 0. The Balaban J connectivity index is 2.76. The molecule has 2 heteroatoms. The Morgan fingerprint density at radius 3 is 3.00 bits per heavy atom. The van der Waals surface area contributed by atoms with Gasteiger partial charge >= 0.3 is 0 Å². The minimum absolute atomic E-state index is 0.633. The molecule has 0 amide bonds. The molecular formula is C9H14N2. The molecule has 60 valence electrons. The Morgan fingerprint density at radius 1 is 1.73 bits per heavy atom. The van der Waals surface area contributed by atoms with Crippen LogP contribution in [0.25, 0.3) is 6.08 Å². The lowest BCUT2D eigenvalue weighted by molar-refractivity contribution is 0.480. The molecule has 0 saturated heterocycles. The van der Waals surface area contributed by atoms with E-state index >= 15 is 0 Å². The van der Waals surface area contributed by atoms with Crippen molar-refractivity contribution in [1.82, 2.24) is 9.78 Å². The SMILES string of the molecule is C=Cc1ccnn1CC(C)C. The first kappa shape index (κ1) is 8.05. The van der Waals surface area contributed by atoms with Crippen molar-refractivity contribution in [2.45, 2.75) is 20.4 Å². The second-order valence-corrected chi connectivity index (χ2v) is 3.04. The Bertz CT molecular complexity index is 235. The standard InChI is InChI=1S/C9H14N2/c1-4-9-5-6-10-11(9)7-8(2)3/h4-6,8H,1,7H2,2-3H3. The van der Waals surface area contributed by atoms with Crippen LogP contribution in [0.1, 0.15) is 19.5 Å². The Hall–Kier alpha value is -1.05. The fraction of sp³-hybridized carbons (Fsp3) is 0.444. The van der Waals surface area contributed by atoms with Gasteiger partial charge in [-0.25, -0.2) is 0 Å². The molecule has 0 aliphatic heterocycles. The molecule has 0 aliphatic rings. The lowest BCUT2D eigenvalue weighted by Gasteiger charge is -2.06. The van der Waals surface area contributed by atoms with Crippen molar-refractivity contribution in [3.63, 3.8) is 0 Å². The summed E-state index contributed by atoms with van der Waals surface area (Å²) in [4.78, 5) is 0. The van der Waals surface area contributed by atoms with Crippen molar-refractivity contribution in [2.75, 3.05) is 0 Å². The van der Waals surface area contributed by atoms with Crippen LogP contribution in [0.5, 0.6) is 0 Å². The van der Waals surface area contributed by atoms with Crippen LogP contribution in [-0.4, -0.2) is 9.78 Å². The van der Waals surface area contributed by atoms with E-state index in [0.29, 0.717) is 5.92 Å². The maximum atomic E-state index is 4.17. The van der Waals surface area contributed by atoms with Crippen molar-refractivity contribution in [2.24, 2.45) is 5.92 Å². The monoisotopic (exact) mass is 150 g/mol. The van der Waals surface area contributed by atoms with Crippen LogP contribution < -0.4 is 0 Å². The molecule has 11 heavy (non-hydrogen) atoms. The smallest absolute Gasteiger partial charge is 0.0604 e. The van der Waals surface area contributed by atoms with Crippen molar-refractivity contribution >= 4 is 6.08 Å². The highest BCUT2D eigenvalue weighted by Crippen LogP contribution is 2.04. The summed E-state index contributed by atoms with van der Waals surface area (Å²) in [5.74, 6) is 0.633. The zero-order valence-corrected chi connectivity index (χ0v) is 7.12. The number of hydrogen-bond acceptors (Lipinski definition) is 1. The number of hydrogen-bond donors (Lipinski definition) is 0. The van der Waals surface area contributed by atoms with Gasteiger partial charge in [0.05, 0.1) is 5.69 Å². The molecule has 0 aliphatic carbocycles. The third kappa shape index (κ3) is 1.93. The summed E-state index contributed by atoms with van der Waals surface area (Å²) in [6, 6.07) is 1.97. The normalized spacial score (nSPS) is 10.5. The quantitative estimate of drug-likeness (QED) is 0.645. The van der Waals surface area contributed by atoms with Gasteiger partial charge in [-0.15, -0.1) is 0 Å². The summed E-state index contributed by atoms with van der Waals surface area (Å²) in [7, 11) is 0. The summed E-state index contributed by atoms with van der Waals surface area (Å²) in [6.07, 6.45) is 3.63. The van der Waals surface area contributed by atoms with Gasteiger partial charge in [0.2, 0.25) is 0 Å². The minimum Gasteiger partial charge on any atom is -0.265 e. The molecule has 0 aromatic carbocycles. The molecule has 1 heterocycles. The first-order chi connectivity index (χ1) is 5.24. The number of nitrogens with zero attached hydrogens (tertiary/aromatic N) is 2.